The molecule has 0 saturated carbocycles. The summed E-state index contributed by atoms with van der Waals surface area (Å²) in [5.74, 6) is 0. The molecule has 0 aromatic heterocycles. The maximum absolute atomic E-state index is 9.60. The minimum atomic E-state index is -0.566. The van der Waals surface area contributed by atoms with Crippen molar-refractivity contribution in [3.05, 3.63) is 0 Å². The van der Waals surface area contributed by atoms with Crippen LogP contribution in [0.2, 0.25) is 0 Å². The Morgan fingerprint density at radius 2 is 1.73 bits per heavy atom. The largest absolute Gasteiger partial charge is 0.390 e. The molecule has 1 rings (SSSR count). The Bertz CT molecular complexity index is 221. The van der Waals surface area contributed by atoms with Crippen molar-refractivity contribution in [3.63, 3.8) is 0 Å². The van der Waals surface area contributed by atoms with E-state index in [1.165, 1.54) is 0 Å². The zero-order valence-corrected chi connectivity index (χ0v) is 9.74. The second-order valence-electron chi connectivity index (χ2n) is 4.84. The van der Waals surface area contributed by atoms with Crippen molar-refractivity contribution in [2.45, 2.75) is 25.9 Å². The summed E-state index contributed by atoms with van der Waals surface area (Å²) in [5, 5.41) is 18.2. The first-order valence-corrected chi connectivity index (χ1v) is 5.55. The van der Waals surface area contributed by atoms with Gasteiger partial charge in [0, 0.05) is 32.7 Å². The second kappa shape index (κ2) is 5.45. The average molecular weight is 211 g/mol. The number of rotatable bonds is 4. The van der Waals surface area contributed by atoms with Crippen LogP contribution in [0.3, 0.4) is 0 Å². The highest BCUT2D eigenvalue weighted by Crippen LogP contribution is 2.10. The van der Waals surface area contributed by atoms with E-state index < -0.39 is 5.60 Å². The number of nitriles is 1. The highest BCUT2D eigenvalue weighted by molar-refractivity contribution is 4.81. The lowest BCUT2D eigenvalue weighted by atomic mass is 10.1. The molecule has 0 atom stereocenters. The van der Waals surface area contributed by atoms with E-state index in [0.717, 1.165) is 39.1 Å². The van der Waals surface area contributed by atoms with Crippen molar-refractivity contribution in [2.75, 3.05) is 39.3 Å². The third kappa shape index (κ3) is 5.12. The van der Waals surface area contributed by atoms with Gasteiger partial charge in [0.15, 0.2) is 0 Å². The number of aliphatic hydroxyl groups is 1. The van der Waals surface area contributed by atoms with E-state index in [1.807, 2.05) is 13.8 Å². The second-order valence-corrected chi connectivity index (χ2v) is 4.84. The van der Waals surface area contributed by atoms with Gasteiger partial charge < -0.3 is 10.0 Å². The van der Waals surface area contributed by atoms with Gasteiger partial charge in [-0.05, 0) is 20.3 Å². The molecule has 0 radical (unpaired) electrons. The Labute approximate surface area is 92.1 Å². The molecule has 1 heterocycles. The standard InChI is InChI=1S/C11H21N3O/c1-11(2,15)3-5-13-7-9-14(6-4-12)10-8-13/h15H,3,5-10H2,1-2H3. The van der Waals surface area contributed by atoms with E-state index >= 15 is 0 Å². The van der Waals surface area contributed by atoms with Gasteiger partial charge in [-0.2, -0.15) is 5.26 Å². The van der Waals surface area contributed by atoms with Crippen LogP contribution in [0.4, 0.5) is 0 Å². The summed E-state index contributed by atoms with van der Waals surface area (Å²) in [6, 6.07) is 2.18. The molecular formula is C11H21N3O. The molecule has 0 aromatic carbocycles. The van der Waals surface area contributed by atoms with Crippen LogP contribution in [-0.2, 0) is 0 Å². The zero-order chi connectivity index (χ0) is 11.3. The number of piperazine rings is 1. The molecular weight excluding hydrogens is 190 g/mol. The van der Waals surface area contributed by atoms with Gasteiger partial charge in [0.1, 0.15) is 0 Å². The minimum absolute atomic E-state index is 0.541. The van der Waals surface area contributed by atoms with Crippen LogP contribution < -0.4 is 0 Å². The Morgan fingerprint density at radius 3 is 2.20 bits per heavy atom. The molecule has 4 nitrogen and oxygen atoms in total. The zero-order valence-electron chi connectivity index (χ0n) is 9.74. The van der Waals surface area contributed by atoms with Crippen molar-refractivity contribution in [3.8, 4) is 6.07 Å². The summed E-state index contributed by atoms with van der Waals surface area (Å²) in [6.45, 7) is 9.15. The fourth-order valence-corrected chi connectivity index (χ4v) is 1.70. The Balaban J connectivity index is 2.18. The van der Waals surface area contributed by atoms with Gasteiger partial charge in [0.05, 0.1) is 18.2 Å². The molecule has 4 heteroatoms. The van der Waals surface area contributed by atoms with Gasteiger partial charge in [-0.15, -0.1) is 0 Å². The van der Waals surface area contributed by atoms with E-state index in [2.05, 4.69) is 15.9 Å². The molecule has 1 aliphatic heterocycles. The molecule has 1 fully saturated rings. The molecule has 1 saturated heterocycles. The van der Waals surface area contributed by atoms with Crippen molar-refractivity contribution in [2.24, 2.45) is 0 Å². The first kappa shape index (κ1) is 12.4. The maximum Gasteiger partial charge on any atom is 0.0866 e. The van der Waals surface area contributed by atoms with E-state index in [-0.39, 0.29) is 0 Å². The molecule has 15 heavy (non-hydrogen) atoms. The third-order valence-electron chi connectivity index (χ3n) is 2.80. The smallest absolute Gasteiger partial charge is 0.0866 e. The first-order chi connectivity index (χ1) is 7.01. The molecule has 0 aromatic rings. The summed E-state index contributed by atoms with van der Waals surface area (Å²) >= 11 is 0. The monoisotopic (exact) mass is 211 g/mol. The molecule has 0 aliphatic carbocycles. The highest BCUT2D eigenvalue weighted by atomic mass is 16.3. The minimum Gasteiger partial charge on any atom is -0.390 e. The van der Waals surface area contributed by atoms with Crippen molar-refractivity contribution >= 4 is 0 Å². The molecule has 1 N–H and O–H groups in total. The lowest BCUT2D eigenvalue weighted by Gasteiger charge is -2.34. The van der Waals surface area contributed by atoms with Crippen LogP contribution in [0.25, 0.3) is 0 Å². The first-order valence-electron chi connectivity index (χ1n) is 5.55. The summed E-state index contributed by atoms with van der Waals surface area (Å²) in [5.41, 5.74) is -0.566. The number of hydrogen-bond acceptors (Lipinski definition) is 4. The van der Waals surface area contributed by atoms with Crippen LogP contribution in [0.1, 0.15) is 20.3 Å². The predicted molar refractivity (Wildman–Crippen MR) is 59.4 cm³/mol. The number of nitrogens with zero attached hydrogens (tertiary/aromatic N) is 3. The summed E-state index contributed by atoms with van der Waals surface area (Å²) in [7, 11) is 0. The van der Waals surface area contributed by atoms with Gasteiger partial charge in [-0.25, -0.2) is 0 Å². The SMILES string of the molecule is CC(C)(O)CCN1CCN(CC#N)CC1. The lowest BCUT2D eigenvalue weighted by Crippen LogP contribution is -2.47. The van der Waals surface area contributed by atoms with Crippen LogP contribution in [0, 0.1) is 11.3 Å². The molecule has 0 amide bonds. The predicted octanol–water partition coefficient (Wildman–Crippen LogP) is 0.289. The fourth-order valence-electron chi connectivity index (χ4n) is 1.70. The quantitative estimate of drug-likeness (QED) is 0.679. The van der Waals surface area contributed by atoms with E-state index in [1.54, 1.807) is 0 Å². The van der Waals surface area contributed by atoms with Gasteiger partial charge >= 0.3 is 0 Å². The van der Waals surface area contributed by atoms with Crippen molar-refractivity contribution in [1.29, 1.82) is 5.26 Å². The summed E-state index contributed by atoms with van der Waals surface area (Å²) in [4.78, 5) is 4.52. The summed E-state index contributed by atoms with van der Waals surface area (Å²) < 4.78 is 0. The van der Waals surface area contributed by atoms with E-state index in [4.69, 9.17) is 5.26 Å². The Morgan fingerprint density at radius 1 is 1.20 bits per heavy atom. The Kier molecular flexibility index (Phi) is 4.52. The lowest BCUT2D eigenvalue weighted by molar-refractivity contribution is 0.0488. The molecule has 0 unspecified atom stereocenters. The van der Waals surface area contributed by atoms with Crippen LogP contribution in [-0.4, -0.2) is 59.8 Å². The average Bonchev–Trinajstić information content (AvgIpc) is 2.16. The fraction of sp³-hybridized carbons (Fsp3) is 0.909. The van der Waals surface area contributed by atoms with Crippen LogP contribution in [0.5, 0.6) is 0 Å². The van der Waals surface area contributed by atoms with Gasteiger partial charge in [0.25, 0.3) is 0 Å². The topological polar surface area (TPSA) is 50.5 Å². The summed E-state index contributed by atoms with van der Waals surface area (Å²) in [6.07, 6.45) is 0.811. The van der Waals surface area contributed by atoms with Crippen molar-refractivity contribution in [1.82, 2.24) is 9.80 Å². The van der Waals surface area contributed by atoms with E-state index in [0.29, 0.717) is 6.54 Å². The Hall–Kier alpha value is -0.630. The molecule has 0 bridgehead atoms. The maximum atomic E-state index is 9.60. The van der Waals surface area contributed by atoms with E-state index in [9.17, 15) is 5.11 Å². The van der Waals surface area contributed by atoms with Gasteiger partial charge in [-0.3, -0.25) is 4.90 Å². The number of hydrogen-bond donors (Lipinski definition) is 1. The van der Waals surface area contributed by atoms with Gasteiger partial charge in [0.2, 0.25) is 0 Å². The normalized spacial score (nSPS) is 20.1. The van der Waals surface area contributed by atoms with Crippen LogP contribution in [0.15, 0.2) is 0 Å². The molecule has 86 valence electrons. The van der Waals surface area contributed by atoms with Crippen molar-refractivity contribution < 1.29 is 5.11 Å². The van der Waals surface area contributed by atoms with Gasteiger partial charge in [-0.1, -0.05) is 0 Å². The molecule has 0 spiro atoms. The highest BCUT2D eigenvalue weighted by Gasteiger charge is 2.19. The third-order valence-corrected chi connectivity index (χ3v) is 2.80. The molecule has 1 aliphatic rings. The van der Waals surface area contributed by atoms with Crippen LogP contribution >= 0.6 is 0 Å².